The van der Waals surface area contributed by atoms with Crippen LogP contribution in [0.25, 0.3) is 0 Å². The van der Waals surface area contributed by atoms with Crippen LogP contribution in [0.1, 0.15) is 27.2 Å². The molecule has 1 saturated carbocycles. The largest absolute Gasteiger partial charge is 0.313 e. The molecule has 2 atom stereocenters. The molecule has 0 unspecified atom stereocenters. The zero-order chi connectivity index (χ0) is 6.85. The third kappa shape index (κ3) is 2.35. The van der Waals surface area contributed by atoms with Crippen LogP contribution in [-0.4, -0.2) is 12.6 Å². The van der Waals surface area contributed by atoms with Crippen LogP contribution in [0.2, 0.25) is 0 Å². The summed E-state index contributed by atoms with van der Waals surface area (Å²) in [7, 11) is 0. The van der Waals surface area contributed by atoms with Gasteiger partial charge in [-0.1, -0.05) is 20.8 Å². The predicted octanol–water partition coefficient (Wildman–Crippen LogP) is 1.64. The van der Waals surface area contributed by atoms with E-state index in [0.717, 1.165) is 17.9 Å². The second kappa shape index (κ2) is 2.70. The molecule has 9 heavy (non-hydrogen) atoms. The molecule has 1 aliphatic carbocycles. The predicted molar refractivity (Wildman–Crippen MR) is 40.4 cm³/mol. The summed E-state index contributed by atoms with van der Waals surface area (Å²) in [4.78, 5) is 0. The van der Waals surface area contributed by atoms with Gasteiger partial charge in [-0.15, -0.1) is 0 Å². The van der Waals surface area contributed by atoms with Crippen LogP contribution < -0.4 is 5.32 Å². The summed E-state index contributed by atoms with van der Waals surface area (Å²) in [5, 5.41) is 3.51. The van der Waals surface area contributed by atoms with Crippen molar-refractivity contribution >= 4 is 0 Å². The number of hydrogen-bond acceptors (Lipinski definition) is 1. The van der Waals surface area contributed by atoms with E-state index in [9.17, 15) is 0 Å². The van der Waals surface area contributed by atoms with Gasteiger partial charge in [0, 0.05) is 6.04 Å². The molecule has 1 heteroatoms. The first-order valence-corrected chi connectivity index (χ1v) is 3.93. The summed E-state index contributed by atoms with van der Waals surface area (Å²) in [6.07, 6.45) is 1.40. The molecule has 0 aromatic carbocycles. The fraction of sp³-hybridized carbons (Fsp3) is 1.00. The lowest BCUT2D eigenvalue weighted by molar-refractivity contribution is 0.538. The van der Waals surface area contributed by atoms with Crippen molar-refractivity contribution in [2.45, 2.75) is 33.2 Å². The third-order valence-corrected chi connectivity index (χ3v) is 1.90. The first-order chi connectivity index (χ1) is 4.20. The van der Waals surface area contributed by atoms with Crippen molar-refractivity contribution in [3.8, 4) is 0 Å². The third-order valence-electron chi connectivity index (χ3n) is 1.90. The van der Waals surface area contributed by atoms with Gasteiger partial charge in [0.1, 0.15) is 0 Å². The molecule has 0 radical (unpaired) electrons. The highest BCUT2D eigenvalue weighted by atomic mass is 15.0. The number of hydrogen-bond donors (Lipinski definition) is 1. The van der Waals surface area contributed by atoms with Crippen LogP contribution in [-0.2, 0) is 0 Å². The normalized spacial score (nSPS) is 33.3. The maximum absolute atomic E-state index is 3.51. The summed E-state index contributed by atoms with van der Waals surface area (Å²) in [6, 6.07) is 0.854. The van der Waals surface area contributed by atoms with Crippen molar-refractivity contribution in [3.63, 3.8) is 0 Å². The SMILES string of the molecule is CC(C)CN[C@@H]1C[C@@H]1C. The fourth-order valence-corrected chi connectivity index (χ4v) is 0.994. The molecule has 1 rings (SSSR count). The molecule has 0 saturated heterocycles. The zero-order valence-electron chi connectivity index (χ0n) is 6.65. The van der Waals surface area contributed by atoms with E-state index in [1.807, 2.05) is 0 Å². The van der Waals surface area contributed by atoms with Gasteiger partial charge in [-0.2, -0.15) is 0 Å². The summed E-state index contributed by atoms with van der Waals surface area (Å²) >= 11 is 0. The van der Waals surface area contributed by atoms with E-state index in [1.165, 1.54) is 13.0 Å². The van der Waals surface area contributed by atoms with E-state index < -0.39 is 0 Å². The molecule has 1 N–H and O–H groups in total. The molecule has 0 spiro atoms. The van der Waals surface area contributed by atoms with Crippen LogP contribution in [0.3, 0.4) is 0 Å². The van der Waals surface area contributed by atoms with Gasteiger partial charge in [-0.05, 0) is 24.8 Å². The highest BCUT2D eigenvalue weighted by Crippen LogP contribution is 2.28. The van der Waals surface area contributed by atoms with Gasteiger partial charge in [0.25, 0.3) is 0 Å². The molecular weight excluding hydrogens is 110 g/mol. The standard InChI is InChI=1S/C8H17N/c1-6(2)5-9-8-4-7(8)3/h6-9H,4-5H2,1-3H3/t7-,8+/m0/s1. The van der Waals surface area contributed by atoms with Crippen LogP contribution in [0.4, 0.5) is 0 Å². The molecule has 1 nitrogen and oxygen atoms in total. The van der Waals surface area contributed by atoms with Gasteiger partial charge in [0.05, 0.1) is 0 Å². The topological polar surface area (TPSA) is 12.0 Å². The Kier molecular flexibility index (Phi) is 2.12. The van der Waals surface area contributed by atoms with E-state index >= 15 is 0 Å². The monoisotopic (exact) mass is 127 g/mol. The quantitative estimate of drug-likeness (QED) is 0.607. The van der Waals surface area contributed by atoms with Crippen LogP contribution >= 0.6 is 0 Å². The van der Waals surface area contributed by atoms with Gasteiger partial charge >= 0.3 is 0 Å². The van der Waals surface area contributed by atoms with E-state index in [-0.39, 0.29) is 0 Å². The second-order valence-corrected chi connectivity index (χ2v) is 3.62. The molecule has 0 bridgehead atoms. The van der Waals surface area contributed by atoms with Gasteiger partial charge < -0.3 is 5.32 Å². The molecule has 0 aromatic heterocycles. The van der Waals surface area contributed by atoms with Crippen LogP contribution in [0.5, 0.6) is 0 Å². The lowest BCUT2D eigenvalue weighted by Gasteiger charge is -2.04. The Labute approximate surface area is 57.8 Å². The van der Waals surface area contributed by atoms with Crippen molar-refractivity contribution < 1.29 is 0 Å². The zero-order valence-corrected chi connectivity index (χ0v) is 6.65. The van der Waals surface area contributed by atoms with Gasteiger partial charge in [-0.3, -0.25) is 0 Å². The maximum atomic E-state index is 3.51. The Morgan fingerprint density at radius 3 is 2.44 bits per heavy atom. The van der Waals surface area contributed by atoms with Crippen molar-refractivity contribution in [2.75, 3.05) is 6.54 Å². The summed E-state index contributed by atoms with van der Waals surface area (Å²) in [5.41, 5.74) is 0. The van der Waals surface area contributed by atoms with Crippen molar-refractivity contribution in [1.82, 2.24) is 5.32 Å². The number of rotatable bonds is 3. The summed E-state index contributed by atoms with van der Waals surface area (Å²) < 4.78 is 0. The second-order valence-electron chi connectivity index (χ2n) is 3.62. The Morgan fingerprint density at radius 1 is 1.56 bits per heavy atom. The molecular formula is C8H17N. The Morgan fingerprint density at radius 2 is 2.11 bits per heavy atom. The molecule has 0 aliphatic heterocycles. The summed E-state index contributed by atoms with van der Waals surface area (Å²) in [5.74, 6) is 1.75. The van der Waals surface area contributed by atoms with Crippen molar-refractivity contribution in [1.29, 1.82) is 0 Å². The minimum absolute atomic E-state index is 0.804. The van der Waals surface area contributed by atoms with Crippen molar-refractivity contribution in [2.24, 2.45) is 11.8 Å². The van der Waals surface area contributed by atoms with Crippen LogP contribution in [0.15, 0.2) is 0 Å². The number of nitrogens with one attached hydrogen (secondary N) is 1. The van der Waals surface area contributed by atoms with E-state index in [4.69, 9.17) is 0 Å². The average molecular weight is 127 g/mol. The van der Waals surface area contributed by atoms with E-state index in [1.54, 1.807) is 0 Å². The molecule has 0 heterocycles. The first-order valence-electron chi connectivity index (χ1n) is 3.93. The minimum Gasteiger partial charge on any atom is -0.313 e. The van der Waals surface area contributed by atoms with Gasteiger partial charge in [0.2, 0.25) is 0 Å². The Balaban J connectivity index is 1.94. The molecule has 1 fully saturated rings. The lowest BCUT2D eigenvalue weighted by atomic mass is 10.2. The van der Waals surface area contributed by atoms with E-state index in [2.05, 4.69) is 26.1 Å². The lowest BCUT2D eigenvalue weighted by Crippen LogP contribution is -2.22. The van der Waals surface area contributed by atoms with Gasteiger partial charge in [-0.25, -0.2) is 0 Å². The molecule has 0 amide bonds. The Hall–Kier alpha value is -0.0400. The Bertz CT molecular complexity index is 88.6. The molecule has 54 valence electrons. The van der Waals surface area contributed by atoms with E-state index in [0.29, 0.717) is 0 Å². The fourth-order valence-electron chi connectivity index (χ4n) is 0.994. The smallest absolute Gasteiger partial charge is 0.00965 e. The summed E-state index contributed by atoms with van der Waals surface area (Å²) in [6.45, 7) is 7.99. The molecule has 1 aliphatic rings. The minimum atomic E-state index is 0.804. The average Bonchev–Trinajstić information content (AvgIpc) is 2.42. The highest BCUT2D eigenvalue weighted by Gasteiger charge is 2.31. The van der Waals surface area contributed by atoms with Crippen molar-refractivity contribution in [3.05, 3.63) is 0 Å². The van der Waals surface area contributed by atoms with Crippen LogP contribution in [0, 0.1) is 11.8 Å². The first kappa shape index (κ1) is 7.07. The molecule has 0 aromatic rings. The highest BCUT2D eigenvalue weighted by molar-refractivity contribution is 4.89. The van der Waals surface area contributed by atoms with Gasteiger partial charge in [0.15, 0.2) is 0 Å². The maximum Gasteiger partial charge on any atom is 0.00965 e.